The minimum Gasteiger partial charge on any atom is -0.338 e. The maximum atomic E-state index is 12.7. The van der Waals surface area contributed by atoms with Gasteiger partial charge in [-0.25, -0.2) is 4.98 Å². The minimum absolute atomic E-state index is 0. The summed E-state index contributed by atoms with van der Waals surface area (Å²) in [6.45, 7) is 3.18. The third-order valence-corrected chi connectivity index (χ3v) is 7.86. The van der Waals surface area contributed by atoms with Gasteiger partial charge < -0.3 is 9.80 Å². The molecule has 0 N–H and O–H groups in total. The number of likely N-dealkylation sites (tertiary alicyclic amines) is 2. The molecule has 2 atom stereocenters. The lowest BCUT2D eigenvalue weighted by atomic mass is 10.0. The van der Waals surface area contributed by atoms with Gasteiger partial charge in [-0.2, -0.15) is 0 Å². The fourth-order valence-corrected chi connectivity index (χ4v) is 6.26. The van der Waals surface area contributed by atoms with Gasteiger partial charge in [-0.1, -0.05) is 18.0 Å². The molecule has 2 saturated heterocycles. The number of aromatic nitrogens is 1. The smallest absolute Gasteiger partial charge is 0.227 e. The van der Waals surface area contributed by atoms with Crippen LogP contribution >= 0.6 is 46.7 Å². The largest absolute Gasteiger partial charge is 0.338 e. The minimum atomic E-state index is 0. The average molecular weight is 432 g/mol. The zero-order valence-corrected chi connectivity index (χ0v) is 17.9. The van der Waals surface area contributed by atoms with Crippen LogP contribution in [-0.4, -0.2) is 47.4 Å². The first kappa shape index (κ1) is 20.1. The number of hydrogen-bond donors (Lipinski definition) is 0. The summed E-state index contributed by atoms with van der Waals surface area (Å²) < 4.78 is 0. The molecule has 2 aromatic rings. The Balaban J connectivity index is 0.00000196. The Morgan fingerprint density at radius 2 is 2.08 bits per heavy atom. The van der Waals surface area contributed by atoms with Gasteiger partial charge in [0.1, 0.15) is 5.01 Å². The highest BCUT2D eigenvalue weighted by molar-refractivity contribution is 7.21. The van der Waals surface area contributed by atoms with Crippen LogP contribution in [0.5, 0.6) is 0 Å². The lowest BCUT2D eigenvalue weighted by Crippen LogP contribution is -2.36. The van der Waals surface area contributed by atoms with Crippen molar-refractivity contribution in [1.82, 2.24) is 14.8 Å². The van der Waals surface area contributed by atoms with Gasteiger partial charge in [-0.05, 0) is 43.8 Å². The highest BCUT2D eigenvalue weighted by Gasteiger charge is 2.39. The van der Waals surface area contributed by atoms with Gasteiger partial charge in [-0.15, -0.1) is 35.1 Å². The van der Waals surface area contributed by atoms with Gasteiger partial charge in [0.2, 0.25) is 5.91 Å². The third kappa shape index (κ3) is 3.94. The van der Waals surface area contributed by atoms with Crippen molar-refractivity contribution < 1.29 is 4.79 Å². The molecule has 0 spiro atoms. The average Bonchev–Trinajstić information content (AvgIpc) is 3.32. The molecular weight excluding hydrogens is 409 g/mol. The quantitative estimate of drug-likeness (QED) is 0.686. The number of amides is 1. The molecule has 1 amide bonds. The van der Waals surface area contributed by atoms with Crippen molar-refractivity contribution in [2.24, 2.45) is 5.92 Å². The zero-order chi connectivity index (χ0) is 17.4. The van der Waals surface area contributed by atoms with E-state index in [1.54, 1.807) is 22.7 Å². The number of thiazole rings is 1. The normalized spacial score (nSPS) is 24.1. The van der Waals surface area contributed by atoms with Crippen molar-refractivity contribution in [3.05, 3.63) is 27.5 Å². The maximum Gasteiger partial charge on any atom is 0.227 e. The topological polar surface area (TPSA) is 36.4 Å². The van der Waals surface area contributed by atoms with Crippen molar-refractivity contribution in [2.45, 2.75) is 31.7 Å². The summed E-state index contributed by atoms with van der Waals surface area (Å²) >= 11 is 9.51. The molecule has 2 aliphatic rings. The summed E-state index contributed by atoms with van der Waals surface area (Å²) in [6.07, 6.45) is 6.67. The van der Waals surface area contributed by atoms with Crippen LogP contribution in [0.15, 0.2) is 17.6 Å². The molecule has 8 heteroatoms. The molecule has 4 heterocycles. The van der Waals surface area contributed by atoms with Gasteiger partial charge in [0, 0.05) is 24.7 Å². The molecule has 142 valence electrons. The van der Waals surface area contributed by atoms with Crippen LogP contribution in [0.1, 0.15) is 36.6 Å². The number of thiophene rings is 1. The summed E-state index contributed by atoms with van der Waals surface area (Å²) in [5, 5.41) is 3.69. The monoisotopic (exact) mass is 431 g/mol. The standard InChI is InChI=1S/C18H22ClN3OS2.ClH/c1-21-14(9-12(18(21)23)11-22-6-3-2-4-7-22)15-10-20-17(25-15)16-13(19)5-8-24-16;/h5,8,10,12,14H,2-4,6-7,9,11H2,1H3;1H/t12-,14+;/m1./s1. The molecule has 4 nitrogen and oxygen atoms in total. The molecule has 0 bridgehead atoms. The number of carbonyl (C=O) groups excluding carboxylic acids is 1. The Kier molecular flexibility index (Phi) is 6.62. The first-order valence-electron chi connectivity index (χ1n) is 8.81. The number of rotatable bonds is 4. The predicted octanol–water partition coefficient (Wildman–Crippen LogP) is 4.95. The molecular formula is C18H23Cl2N3OS2. The highest BCUT2D eigenvalue weighted by Crippen LogP contribution is 2.42. The molecule has 0 aliphatic carbocycles. The molecule has 0 radical (unpaired) electrons. The van der Waals surface area contributed by atoms with E-state index in [9.17, 15) is 4.79 Å². The van der Waals surface area contributed by atoms with E-state index in [-0.39, 0.29) is 30.3 Å². The van der Waals surface area contributed by atoms with E-state index in [2.05, 4.69) is 9.88 Å². The molecule has 26 heavy (non-hydrogen) atoms. The van der Waals surface area contributed by atoms with Crippen molar-refractivity contribution in [3.63, 3.8) is 0 Å². The Bertz CT molecular complexity index is 757. The van der Waals surface area contributed by atoms with E-state index in [4.69, 9.17) is 11.6 Å². The fourth-order valence-electron chi connectivity index (χ4n) is 3.88. The molecule has 2 fully saturated rings. The molecule has 0 unspecified atom stereocenters. The predicted molar refractivity (Wildman–Crippen MR) is 112 cm³/mol. The SMILES string of the molecule is CN1C(=O)[C@@H](CN2CCCCC2)C[C@H]1c1cnc(-c2sccc2Cl)s1.Cl. The Morgan fingerprint density at radius 1 is 1.31 bits per heavy atom. The van der Waals surface area contributed by atoms with Crippen LogP contribution in [0.2, 0.25) is 5.02 Å². The maximum absolute atomic E-state index is 12.7. The van der Waals surface area contributed by atoms with Gasteiger partial charge in [0.25, 0.3) is 0 Å². The number of piperidine rings is 1. The van der Waals surface area contributed by atoms with E-state index >= 15 is 0 Å². The summed E-state index contributed by atoms with van der Waals surface area (Å²) in [5.41, 5.74) is 0. The lowest BCUT2D eigenvalue weighted by Gasteiger charge is -2.28. The van der Waals surface area contributed by atoms with E-state index in [1.807, 2.05) is 29.6 Å². The van der Waals surface area contributed by atoms with Crippen molar-refractivity contribution in [1.29, 1.82) is 0 Å². The van der Waals surface area contributed by atoms with Gasteiger partial charge in [-0.3, -0.25) is 4.79 Å². The second-order valence-electron chi connectivity index (χ2n) is 6.92. The van der Waals surface area contributed by atoms with Crippen molar-refractivity contribution in [2.75, 3.05) is 26.7 Å². The summed E-state index contributed by atoms with van der Waals surface area (Å²) in [4.78, 5) is 23.8. The Labute approximate surface area is 173 Å². The second-order valence-corrected chi connectivity index (χ2v) is 9.31. The number of halogens is 2. The second kappa shape index (κ2) is 8.57. The summed E-state index contributed by atoms with van der Waals surface area (Å²) in [7, 11) is 1.93. The first-order chi connectivity index (χ1) is 12.1. The fraction of sp³-hybridized carbons (Fsp3) is 0.556. The van der Waals surface area contributed by atoms with Crippen LogP contribution in [-0.2, 0) is 4.79 Å². The van der Waals surface area contributed by atoms with Crippen LogP contribution in [0.25, 0.3) is 9.88 Å². The molecule has 4 rings (SSSR count). The van der Waals surface area contributed by atoms with Crippen LogP contribution in [0.4, 0.5) is 0 Å². The van der Waals surface area contributed by atoms with E-state index < -0.39 is 0 Å². The number of nitrogens with zero attached hydrogens (tertiary/aromatic N) is 3. The molecule has 0 saturated carbocycles. The molecule has 2 aromatic heterocycles. The van der Waals surface area contributed by atoms with Crippen LogP contribution < -0.4 is 0 Å². The van der Waals surface area contributed by atoms with E-state index in [0.717, 1.165) is 45.8 Å². The van der Waals surface area contributed by atoms with Gasteiger partial charge in [0.15, 0.2) is 0 Å². The van der Waals surface area contributed by atoms with Crippen LogP contribution in [0.3, 0.4) is 0 Å². The highest BCUT2D eigenvalue weighted by atomic mass is 35.5. The summed E-state index contributed by atoms with van der Waals surface area (Å²) in [6, 6.07) is 2.05. The zero-order valence-electron chi connectivity index (χ0n) is 14.7. The Hall–Kier alpha value is -0.660. The van der Waals surface area contributed by atoms with Gasteiger partial charge in [0.05, 0.1) is 21.9 Å². The van der Waals surface area contributed by atoms with Crippen molar-refractivity contribution >= 4 is 52.6 Å². The third-order valence-electron chi connectivity index (χ3n) is 5.26. The first-order valence-corrected chi connectivity index (χ1v) is 10.9. The molecule has 2 aliphatic heterocycles. The Morgan fingerprint density at radius 3 is 2.77 bits per heavy atom. The van der Waals surface area contributed by atoms with Crippen LogP contribution in [0, 0.1) is 5.92 Å². The van der Waals surface area contributed by atoms with E-state index in [0.29, 0.717) is 0 Å². The summed E-state index contributed by atoms with van der Waals surface area (Å²) in [5.74, 6) is 0.392. The lowest BCUT2D eigenvalue weighted by molar-refractivity contribution is -0.131. The van der Waals surface area contributed by atoms with E-state index in [1.165, 1.54) is 19.3 Å². The van der Waals surface area contributed by atoms with Crippen molar-refractivity contribution in [3.8, 4) is 9.88 Å². The molecule has 0 aromatic carbocycles. The number of hydrogen-bond acceptors (Lipinski definition) is 5. The van der Waals surface area contributed by atoms with Gasteiger partial charge >= 0.3 is 0 Å². The number of carbonyl (C=O) groups is 1.